The first-order valence-corrected chi connectivity index (χ1v) is 9.53. The minimum absolute atomic E-state index is 0.213. The van der Waals surface area contributed by atoms with E-state index in [2.05, 4.69) is 0 Å². The van der Waals surface area contributed by atoms with E-state index in [4.69, 9.17) is 25.8 Å². The molecule has 1 aliphatic rings. The van der Waals surface area contributed by atoms with Gasteiger partial charge in [0, 0.05) is 17.7 Å². The van der Waals surface area contributed by atoms with Gasteiger partial charge < -0.3 is 34.6 Å². The lowest BCUT2D eigenvalue weighted by atomic mass is 9.87. The number of hydrogen-bond donors (Lipinski definition) is 4. The van der Waals surface area contributed by atoms with Crippen molar-refractivity contribution in [3.8, 4) is 5.75 Å². The van der Waals surface area contributed by atoms with Crippen LogP contribution in [0.3, 0.4) is 0 Å². The fourth-order valence-corrected chi connectivity index (χ4v) is 3.75. The summed E-state index contributed by atoms with van der Waals surface area (Å²) in [6.45, 7) is -0.503. The van der Waals surface area contributed by atoms with Crippen LogP contribution in [0, 0.1) is 0 Å². The number of halogens is 1. The summed E-state index contributed by atoms with van der Waals surface area (Å²) in [4.78, 5) is 0. The first kappa shape index (κ1) is 22.0. The summed E-state index contributed by atoms with van der Waals surface area (Å²) in [7, 11) is 2.92. The van der Waals surface area contributed by atoms with Gasteiger partial charge in [-0.3, -0.25) is 0 Å². The third-order valence-electron chi connectivity index (χ3n) is 5.22. The van der Waals surface area contributed by atoms with Crippen LogP contribution in [0.15, 0.2) is 42.5 Å². The highest BCUT2D eigenvalue weighted by molar-refractivity contribution is 6.31. The maximum atomic E-state index is 11.1. The van der Waals surface area contributed by atoms with E-state index in [1.54, 1.807) is 19.2 Å². The monoisotopic (exact) mass is 424 g/mol. The fourth-order valence-electron chi connectivity index (χ4n) is 3.57. The molecular weight excluding hydrogens is 400 g/mol. The summed E-state index contributed by atoms with van der Waals surface area (Å²) >= 11 is 6.34. The van der Waals surface area contributed by atoms with Crippen molar-refractivity contribution < 1.29 is 34.6 Å². The predicted octanol–water partition coefficient (Wildman–Crippen LogP) is 1.21. The summed E-state index contributed by atoms with van der Waals surface area (Å²) < 4.78 is 15.8. The van der Waals surface area contributed by atoms with E-state index in [1.165, 1.54) is 13.2 Å². The molecule has 1 saturated heterocycles. The molecule has 158 valence electrons. The van der Waals surface area contributed by atoms with E-state index in [0.717, 1.165) is 11.3 Å². The highest BCUT2D eigenvalue weighted by atomic mass is 35.5. The zero-order chi connectivity index (χ0) is 21.2. The van der Waals surface area contributed by atoms with Gasteiger partial charge in [-0.05, 0) is 41.8 Å². The highest BCUT2D eigenvalue weighted by Gasteiger charge is 2.54. The Morgan fingerprint density at radius 2 is 1.79 bits per heavy atom. The summed E-state index contributed by atoms with van der Waals surface area (Å²) in [5.41, 5.74) is 1.88. The minimum atomic E-state index is -2.24. The van der Waals surface area contributed by atoms with Crippen molar-refractivity contribution in [2.75, 3.05) is 20.8 Å². The highest BCUT2D eigenvalue weighted by Crippen LogP contribution is 2.38. The summed E-state index contributed by atoms with van der Waals surface area (Å²) in [5, 5.41) is 42.1. The van der Waals surface area contributed by atoms with Gasteiger partial charge in [0.2, 0.25) is 5.79 Å². The van der Waals surface area contributed by atoms with Crippen molar-refractivity contribution in [3.05, 3.63) is 64.2 Å². The van der Waals surface area contributed by atoms with Crippen LogP contribution in [0.4, 0.5) is 0 Å². The standard InChI is InChI=1S/C21H25ClO7/c1-27-15-6-3-12(4-7-15)9-13-10-14(5-8-16(13)22)21(26)20(25)18(24)19(28-2)17(11-23)29-21/h3-8,10,17-20,23-26H,9,11H2,1-2H3/t17-,18+,19+,20-,21-/m1/s1. The maximum Gasteiger partial charge on any atom is 0.222 e. The lowest BCUT2D eigenvalue weighted by Gasteiger charge is -2.46. The Morgan fingerprint density at radius 3 is 2.38 bits per heavy atom. The molecule has 5 atom stereocenters. The molecule has 0 unspecified atom stereocenters. The van der Waals surface area contributed by atoms with E-state index < -0.39 is 36.8 Å². The molecule has 4 N–H and O–H groups in total. The number of aliphatic hydroxyl groups excluding tert-OH is 3. The molecule has 0 aliphatic carbocycles. The van der Waals surface area contributed by atoms with Crippen molar-refractivity contribution in [1.29, 1.82) is 0 Å². The minimum Gasteiger partial charge on any atom is -0.497 e. The smallest absolute Gasteiger partial charge is 0.222 e. The quantitative estimate of drug-likeness (QED) is 0.552. The molecule has 0 saturated carbocycles. The Labute approximate surface area is 174 Å². The Kier molecular flexibility index (Phi) is 6.80. The molecule has 0 amide bonds. The van der Waals surface area contributed by atoms with Crippen LogP contribution < -0.4 is 4.74 Å². The fraction of sp³-hybridized carbons (Fsp3) is 0.429. The molecule has 7 nitrogen and oxygen atoms in total. The van der Waals surface area contributed by atoms with Crippen LogP contribution in [0.5, 0.6) is 5.75 Å². The van der Waals surface area contributed by atoms with Crippen LogP contribution in [0.1, 0.15) is 16.7 Å². The SMILES string of the molecule is COc1ccc(Cc2cc([C@@]3(O)O[C@H](CO)[C@H](OC)[C@H](O)[C@H]3O)ccc2Cl)cc1. The summed E-state index contributed by atoms with van der Waals surface area (Å²) in [6, 6.07) is 12.2. The van der Waals surface area contributed by atoms with Crippen LogP contribution in [-0.4, -0.2) is 65.7 Å². The molecule has 2 aromatic rings. The predicted molar refractivity (Wildman–Crippen MR) is 106 cm³/mol. The van der Waals surface area contributed by atoms with E-state index in [1.807, 2.05) is 24.3 Å². The van der Waals surface area contributed by atoms with E-state index >= 15 is 0 Å². The van der Waals surface area contributed by atoms with Gasteiger partial charge in [0.1, 0.15) is 30.2 Å². The molecule has 1 heterocycles. The molecule has 29 heavy (non-hydrogen) atoms. The second-order valence-electron chi connectivity index (χ2n) is 7.00. The van der Waals surface area contributed by atoms with Crippen molar-refractivity contribution in [1.82, 2.24) is 0 Å². The normalized spacial score (nSPS) is 29.6. The molecule has 0 bridgehead atoms. The average Bonchev–Trinajstić information content (AvgIpc) is 2.73. The molecule has 0 radical (unpaired) electrons. The molecule has 1 fully saturated rings. The van der Waals surface area contributed by atoms with Crippen molar-refractivity contribution >= 4 is 11.6 Å². The van der Waals surface area contributed by atoms with Gasteiger partial charge in [0.15, 0.2) is 0 Å². The maximum absolute atomic E-state index is 11.1. The van der Waals surface area contributed by atoms with E-state index in [9.17, 15) is 20.4 Å². The lowest BCUT2D eigenvalue weighted by molar-refractivity contribution is -0.360. The molecule has 3 rings (SSSR count). The second kappa shape index (κ2) is 8.97. The van der Waals surface area contributed by atoms with E-state index in [0.29, 0.717) is 17.0 Å². The molecular formula is C21H25ClO7. The summed E-state index contributed by atoms with van der Waals surface area (Å²) in [5.74, 6) is -1.50. The number of ether oxygens (including phenoxy) is 3. The Balaban J connectivity index is 1.92. The van der Waals surface area contributed by atoms with Crippen LogP contribution in [-0.2, 0) is 21.7 Å². The van der Waals surface area contributed by atoms with Crippen molar-refractivity contribution in [2.24, 2.45) is 0 Å². The number of methoxy groups -OCH3 is 2. The van der Waals surface area contributed by atoms with Gasteiger partial charge in [-0.15, -0.1) is 0 Å². The van der Waals surface area contributed by atoms with Gasteiger partial charge in [-0.2, -0.15) is 0 Å². The van der Waals surface area contributed by atoms with Crippen molar-refractivity contribution in [2.45, 2.75) is 36.6 Å². The Hall–Kier alpha value is -1.71. The molecule has 2 aromatic carbocycles. The lowest BCUT2D eigenvalue weighted by Crippen LogP contribution is -2.64. The largest absolute Gasteiger partial charge is 0.497 e. The number of hydrogen-bond acceptors (Lipinski definition) is 7. The molecule has 0 spiro atoms. The van der Waals surface area contributed by atoms with E-state index in [-0.39, 0.29) is 5.56 Å². The average molecular weight is 425 g/mol. The number of benzene rings is 2. The number of rotatable bonds is 6. The molecule has 0 aromatic heterocycles. The van der Waals surface area contributed by atoms with Gasteiger partial charge >= 0.3 is 0 Å². The molecule has 1 aliphatic heterocycles. The summed E-state index contributed by atoms with van der Waals surface area (Å²) in [6.07, 6.45) is -4.69. The molecule has 8 heteroatoms. The second-order valence-corrected chi connectivity index (χ2v) is 7.41. The number of aliphatic hydroxyl groups is 4. The third-order valence-corrected chi connectivity index (χ3v) is 5.59. The first-order valence-electron chi connectivity index (χ1n) is 9.15. The Morgan fingerprint density at radius 1 is 1.10 bits per heavy atom. The van der Waals surface area contributed by atoms with Gasteiger partial charge in [0.25, 0.3) is 0 Å². The van der Waals surface area contributed by atoms with Crippen LogP contribution in [0.2, 0.25) is 5.02 Å². The van der Waals surface area contributed by atoms with Crippen LogP contribution >= 0.6 is 11.6 Å². The zero-order valence-electron chi connectivity index (χ0n) is 16.2. The topological polar surface area (TPSA) is 109 Å². The third kappa shape index (κ3) is 4.27. The van der Waals surface area contributed by atoms with Crippen LogP contribution in [0.25, 0.3) is 0 Å². The van der Waals surface area contributed by atoms with Crippen molar-refractivity contribution in [3.63, 3.8) is 0 Å². The van der Waals surface area contributed by atoms with Gasteiger partial charge in [0.05, 0.1) is 13.7 Å². The zero-order valence-corrected chi connectivity index (χ0v) is 16.9. The first-order chi connectivity index (χ1) is 13.8. The van der Waals surface area contributed by atoms with Gasteiger partial charge in [-0.25, -0.2) is 0 Å². The Bertz CT molecular complexity index is 826. The van der Waals surface area contributed by atoms with Gasteiger partial charge in [-0.1, -0.05) is 29.8 Å².